The minimum absolute atomic E-state index is 0.0610. The molecule has 2 rings (SSSR count). The first kappa shape index (κ1) is 28.8. The molecule has 0 radical (unpaired) electrons. The number of aliphatic imine (C=N–C) groups is 1. The zero-order valence-electron chi connectivity index (χ0n) is 20.6. The SMILES string of the molecule is CC(C)[C@H](NC(=O)[C@@H]1CCN(C(=O)/C=C/c2ccc(N=C(N)N)cc2)C1)C(=O)N[C@@H](CC(=O)O)C(=O)O. The van der Waals surface area contributed by atoms with Crippen LogP contribution in [0, 0.1) is 11.8 Å². The van der Waals surface area contributed by atoms with Gasteiger partial charge < -0.3 is 37.2 Å². The standard InChI is InChI=1S/C24H32N6O7/c1-13(2)20(22(35)28-17(23(36)37)11-19(32)33)29-21(34)15-9-10-30(12-15)18(31)8-5-14-3-6-16(7-4-14)27-24(25)26/h3-8,13,15,17,20H,9-12H2,1-2H3,(H,28,35)(H,29,34)(H,32,33)(H,36,37)(H4,25,26,27)/b8-5+/t15-,17+,20+/m1/s1. The molecule has 1 aliphatic heterocycles. The molecule has 13 nitrogen and oxygen atoms in total. The smallest absolute Gasteiger partial charge is 0.326 e. The van der Waals surface area contributed by atoms with E-state index in [1.807, 2.05) is 0 Å². The monoisotopic (exact) mass is 516 g/mol. The number of hydrogen-bond acceptors (Lipinski definition) is 6. The Bertz CT molecular complexity index is 1080. The lowest BCUT2D eigenvalue weighted by molar-refractivity contribution is -0.147. The van der Waals surface area contributed by atoms with Crippen LogP contribution in [-0.2, 0) is 24.0 Å². The minimum atomic E-state index is -1.63. The molecule has 0 saturated carbocycles. The molecular weight excluding hydrogens is 484 g/mol. The minimum Gasteiger partial charge on any atom is -0.481 e. The van der Waals surface area contributed by atoms with Crippen molar-refractivity contribution in [2.45, 2.75) is 38.8 Å². The summed E-state index contributed by atoms with van der Waals surface area (Å²) in [6.07, 6.45) is 2.62. The highest BCUT2D eigenvalue weighted by Gasteiger charge is 2.34. The van der Waals surface area contributed by atoms with Gasteiger partial charge >= 0.3 is 11.9 Å². The van der Waals surface area contributed by atoms with Crippen LogP contribution < -0.4 is 22.1 Å². The predicted octanol–water partition coefficient (Wildman–Crippen LogP) is -0.362. The lowest BCUT2D eigenvalue weighted by Crippen LogP contribution is -2.55. The first-order chi connectivity index (χ1) is 17.4. The Balaban J connectivity index is 1.95. The number of nitrogens with two attached hydrogens (primary N) is 2. The number of rotatable bonds is 11. The van der Waals surface area contributed by atoms with Gasteiger partial charge in [0.25, 0.3) is 0 Å². The number of carbonyl (C=O) groups excluding carboxylic acids is 3. The fourth-order valence-electron chi connectivity index (χ4n) is 3.70. The fraction of sp³-hybridized carbons (Fsp3) is 0.417. The van der Waals surface area contributed by atoms with Crippen LogP contribution in [0.1, 0.15) is 32.3 Å². The number of likely N-dealkylation sites (tertiary alicyclic amines) is 1. The first-order valence-corrected chi connectivity index (χ1v) is 11.6. The molecule has 0 aliphatic carbocycles. The molecular formula is C24H32N6O7. The van der Waals surface area contributed by atoms with Crippen LogP contribution in [0.5, 0.6) is 0 Å². The first-order valence-electron chi connectivity index (χ1n) is 11.6. The highest BCUT2D eigenvalue weighted by Crippen LogP contribution is 2.19. The van der Waals surface area contributed by atoms with Crippen molar-refractivity contribution in [3.63, 3.8) is 0 Å². The van der Waals surface area contributed by atoms with Crippen molar-refractivity contribution in [1.29, 1.82) is 0 Å². The molecule has 0 bridgehead atoms. The third-order valence-corrected chi connectivity index (χ3v) is 5.68. The summed E-state index contributed by atoms with van der Waals surface area (Å²) in [6, 6.07) is 4.18. The number of hydrogen-bond donors (Lipinski definition) is 6. The molecule has 3 atom stereocenters. The molecule has 0 unspecified atom stereocenters. The number of amides is 3. The number of carboxylic acid groups (broad SMARTS) is 2. The summed E-state index contributed by atoms with van der Waals surface area (Å²) in [7, 11) is 0. The van der Waals surface area contributed by atoms with Crippen LogP contribution in [-0.4, -0.2) is 75.9 Å². The van der Waals surface area contributed by atoms with E-state index in [2.05, 4.69) is 15.6 Å². The molecule has 200 valence electrons. The van der Waals surface area contributed by atoms with Gasteiger partial charge in [-0.3, -0.25) is 19.2 Å². The van der Waals surface area contributed by atoms with E-state index in [1.54, 1.807) is 44.2 Å². The van der Waals surface area contributed by atoms with Gasteiger partial charge in [-0.15, -0.1) is 0 Å². The van der Waals surface area contributed by atoms with Crippen molar-refractivity contribution in [2.75, 3.05) is 13.1 Å². The maximum Gasteiger partial charge on any atom is 0.326 e. The van der Waals surface area contributed by atoms with Gasteiger partial charge in [-0.05, 0) is 36.1 Å². The average molecular weight is 517 g/mol. The molecule has 1 aromatic carbocycles. The zero-order chi connectivity index (χ0) is 27.7. The number of carbonyl (C=O) groups is 5. The van der Waals surface area contributed by atoms with Gasteiger partial charge in [0.15, 0.2) is 5.96 Å². The molecule has 1 aliphatic rings. The lowest BCUT2D eigenvalue weighted by Gasteiger charge is -2.25. The van der Waals surface area contributed by atoms with Crippen LogP contribution in [0.3, 0.4) is 0 Å². The quantitative estimate of drug-likeness (QED) is 0.128. The Kier molecular flexibility index (Phi) is 10.2. The van der Waals surface area contributed by atoms with Gasteiger partial charge in [-0.25, -0.2) is 9.79 Å². The zero-order valence-corrected chi connectivity index (χ0v) is 20.6. The number of carboxylic acids is 2. The molecule has 3 amide bonds. The molecule has 8 N–H and O–H groups in total. The summed E-state index contributed by atoms with van der Waals surface area (Å²) in [5.74, 6) is -5.42. The van der Waals surface area contributed by atoms with Crippen molar-refractivity contribution in [2.24, 2.45) is 28.3 Å². The molecule has 1 fully saturated rings. The number of nitrogens with zero attached hydrogens (tertiary/aromatic N) is 2. The van der Waals surface area contributed by atoms with Gasteiger partial charge in [0, 0.05) is 19.2 Å². The van der Waals surface area contributed by atoms with E-state index in [9.17, 15) is 24.0 Å². The summed E-state index contributed by atoms with van der Waals surface area (Å²) in [5, 5.41) is 22.8. The summed E-state index contributed by atoms with van der Waals surface area (Å²) in [6.45, 7) is 3.83. The van der Waals surface area contributed by atoms with Crippen LogP contribution in [0.25, 0.3) is 6.08 Å². The van der Waals surface area contributed by atoms with E-state index in [0.29, 0.717) is 18.7 Å². The van der Waals surface area contributed by atoms with Crippen LogP contribution >= 0.6 is 0 Å². The maximum atomic E-state index is 12.8. The van der Waals surface area contributed by atoms with E-state index in [0.717, 1.165) is 5.56 Å². The van der Waals surface area contributed by atoms with Crippen molar-refractivity contribution in [3.8, 4) is 0 Å². The second-order valence-corrected chi connectivity index (χ2v) is 8.96. The average Bonchev–Trinajstić information content (AvgIpc) is 3.31. The summed E-state index contributed by atoms with van der Waals surface area (Å²) < 4.78 is 0. The second-order valence-electron chi connectivity index (χ2n) is 8.96. The van der Waals surface area contributed by atoms with E-state index >= 15 is 0 Å². The van der Waals surface area contributed by atoms with Crippen LogP contribution in [0.2, 0.25) is 0 Å². The molecule has 37 heavy (non-hydrogen) atoms. The third kappa shape index (κ3) is 8.94. The largest absolute Gasteiger partial charge is 0.481 e. The Labute approximate surface area is 213 Å². The molecule has 1 heterocycles. The lowest BCUT2D eigenvalue weighted by atomic mass is 10.0. The summed E-state index contributed by atoms with van der Waals surface area (Å²) in [5.41, 5.74) is 12.0. The van der Waals surface area contributed by atoms with Crippen molar-refractivity contribution in [1.82, 2.24) is 15.5 Å². The van der Waals surface area contributed by atoms with Crippen molar-refractivity contribution < 1.29 is 34.2 Å². The van der Waals surface area contributed by atoms with E-state index in [1.165, 1.54) is 11.0 Å². The summed E-state index contributed by atoms with van der Waals surface area (Å²) >= 11 is 0. The van der Waals surface area contributed by atoms with Gasteiger partial charge in [-0.1, -0.05) is 26.0 Å². The number of benzene rings is 1. The van der Waals surface area contributed by atoms with Gasteiger partial charge in [-0.2, -0.15) is 0 Å². The Morgan fingerprint density at radius 3 is 2.30 bits per heavy atom. The number of guanidine groups is 1. The predicted molar refractivity (Wildman–Crippen MR) is 134 cm³/mol. The maximum absolute atomic E-state index is 12.8. The normalized spacial score (nSPS) is 16.7. The molecule has 1 saturated heterocycles. The van der Waals surface area contributed by atoms with E-state index in [4.69, 9.17) is 21.7 Å². The Hall–Kier alpha value is -4.42. The van der Waals surface area contributed by atoms with Crippen LogP contribution in [0.15, 0.2) is 35.3 Å². The molecule has 0 aromatic heterocycles. The fourth-order valence-corrected chi connectivity index (χ4v) is 3.70. The van der Waals surface area contributed by atoms with Crippen molar-refractivity contribution >= 4 is 47.4 Å². The van der Waals surface area contributed by atoms with Crippen LogP contribution in [0.4, 0.5) is 5.69 Å². The van der Waals surface area contributed by atoms with Gasteiger partial charge in [0.2, 0.25) is 17.7 Å². The number of nitrogens with one attached hydrogen (secondary N) is 2. The Morgan fingerprint density at radius 1 is 1.11 bits per heavy atom. The van der Waals surface area contributed by atoms with Gasteiger partial charge in [0.05, 0.1) is 18.0 Å². The second kappa shape index (κ2) is 13.0. The van der Waals surface area contributed by atoms with E-state index in [-0.39, 0.29) is 18.4 Å². The molecule has 1 aromatic rings. The Morgan fingerprint density at radius 2 is 1.76 bits per heavy atom. The third-order valence-electron chi connectivity index (χ3n) is 5.68. The van der Waals surface area contributed by atoms with Crippen molar-refractivity contribution in [3.05, 3.63) is 35.9 Å². The molecule has 13 heteroatoms. The molecule has 0 spiro atoms. The number of aliphatic carboxylic acids is 2. The topological polar surface area (TPSA) is 218 Å². The highest BCUT2D eigenvalue weighted by atomic mass is 16.4. The van der Waals surface area contributed by atoms with E-state index < -0.39 is 54.1 Å². The summed E-state index contributed by atoms with van der Waals surface area (Å²) in [4.78, 5) is 65.6. The highest BCUT2D eigenvalue weighted by molar-refractivity contribution is 5.94. The van der Waals surface area contributed by atoms with Gasteiger partial charge in [0.1, 0.15) is 12.1 Å².